The molecule has 0 unspecified atom stereocenters. The van der Waals surface area contributed by atoms with Crippen molar-refractivity contribution in [2.45, 2.75) is 6.92 Å². The lowest BCUT2D eigenvalue weighted by atomic mass is 10.1. The van der Waals surface area contributed by atoms with Gasteiger partial charge in [-0.05, 0) is 36.8 Å². The summed E-state index contributed by atoms with van der Waals surface area (Å²) in [5, 5.41) is 0.736. The molecule has 0 fully saturated rings. The Labute approximate surface area is 100 Å². The number of benzene rings is 2. The third kappa shape index (κ3) is 2.71. The van der Waals surface area contributed by atoms with Crippen LogP contribution in [0.2, 0.25) is 5.02 Å². The summed E-state index contributed by atoms with van der Waals surface area (Å²) in [4.78, 5) is 4.53. The Morgan fingerprint density at radius 2 is 1.75 bits per heavy atom. The van der Waals surface area contributed by atoms with Crippen LogP contribution in [0.15, 0.2) is 59.6 Å². The van der Waals surface area contributed by atoms with Crippen molar-refractivity contribution >= 4 is 23.0 Å². The molecule has 0 aromatic heterocycles. The Balaban J connectivity index is 2.32. The minimum Gasteiger partial charge on any atom is -0.253 e. The van der Waals surface area contributed by atoms with Crippen LogP contribution in [0, 0.1) is 0 Å². The molecule has 0 radical (unpaired) electrons. The lowest BCUT2D eigenvalue weighted by Crippen LogP contribution is -1.93. The molecule has 0 saturated heterocycles. The van der Waals surface area contributed by atoms with E-state index in [1.54, 1.807) is 0 Å². The van der Waals surface area contributed by atoms with Gasteiger partial charge in [0.25, 0.3) is 0 Å². The molecule has 0 N–H and O–H groups in total. The van der Waals surface area contributed by atoms with Crippen LogP contribution in [0.5, 0.6) is 0 Å². The van der Waals surface area contributed by atoms with Gasteiger partial charge in [0.2, 0.25) is 0 Å². The lowest BCUT2D eigenvalue weighted by molar-refractivity contribution is 1.47. The fourth-order valence-corrected chi connectivity index (χ4v) is 1.66. The fraction of sp³-hybridized carbons (Fsp3) is 0.0714. The second kappa shape index (κ2) is 4.95. The first-order valence-electron chi connectivity index (χ1n) is 5.12. The molecule has 0 amide bonds. The Kier molecular flexibility index (Phi) is 3.37. The van der Waals surface area contributed by atoms with Crippen molar-refractivity contribution in [1.29, 1.82) is 0 Å². The van der Waals surface area contributed by atoms with Gasteiger partial charge in [-0.3, -0.25) is 4.99 Å². The Morgan fingerprint density at radius 1 is 1.00 bits per heavy atom. The van der Waals surface area contributed by atoms with E-state index in [2.05, 4.69) is 4.99 Å². The monoisotopic (exact) mass is 229 g/mol. The van der Waals surface area contributed by atoms with Crippen molar-refractivity contribution in [3.63, 3.8) is 0 Å². The first kappa shape index (κ1) is 10.9. The van der Waals surface area contributed by atoms with E-state index in [4.69, 9.17) is 11.6 Å². The van der Waals surface area contributed by atoms with Gasteiger partial charge in [0.05, 0.1) is 5.69 Å². The molecule has 2 heteroatoms. The average molecular weight is 230 g/mol. The van der Waals surface area contributed by atoms with Crippen LogP contribution in [0.3, 0.4) is 0 Å². The summed E-state index contributed by atoms with van der Waals surface area (Å²) < 4.78 is 0. The minimum absolute atomic E-state index is 0.736. The number of para-hydroxylation sites is 1. The van der Waals surface area contributed by atoms with Gasteiger partial charge in [-0.2, -0.15) is 0 Å². The predicted molar refractivity (Wildman–Crippen MR) is 69.8 cm³/mol. The van der Waals surface area contributed by atoms with E-state index in [9.17, 15) is 0 Å². The van der Waals surface area contributed by atoms with Crippen molar-refractivity contribution < 1.29 is 0 Å². The topological polar surface area (TPSA) is 12.4 Å². The van der Waals surface area contributed by atoms with Gasteiger partial charge in [0.1, 0.15) is 0 Å². The number of hydrogen-bond acceptors (Lipinski definition) is 1. The summed E-state index contributed by atoms with van der Waals surface area (Å²) in [5.41, 5.74) is 2.98. The molecule has 2 rings (SSSR count). The third-order valence-corrected chi connectivity index (χ3v) is 2.53. The summed E-state index contributed by atoms with van der Waals surface area (Å²) in [6, 6.07) is 17.6. The number of nitrogens with zero attached hydrogens (tertiary/aromatic N) is 1. The number of rotatable bonds is 2. The molecular weight excluding hydrogens is 218 g/mol. The van der Waals surface area contributed by atoms with Crippen LogP contribution in [0.4, 0.5) is 5.69 Å². The SMILES string of the molecule is CC(=Nc1ccccc1)c1cccc(Cl)c1. The fourth-order valence-electron chi connectivity index (χ4n) is 1.47. The zero-order chi connectivity index (χ0) is 11.4. The minimum atomic E-state index is 0.736. The molecule has 2 aromatic carbocycles. The zero-order valence-corrected chi connectivity index (χ0v) is 9.78. The number of hydrogen-bond donors (Lipinski definition) is 0. The second-order valence-corrected chi connectivity index (χ2v) is 3.98. The largest absolute Gasteiger partial charge is 0.253 e. The highest BCUT2D eigenvalue weighted by Gasteiger charge is 1.98. The highest BCUT2D eigenvalue weighted by Crippen LogP contribution is 2.15. The maximum absolute atomic E-state index is 5.94. The van der Waals surface area contributed by atoms with E-state index in [0.717, 1.165) is 22.0 Å². The molecule has 0 aliphatic heterocycles. The van der Waals surface area contributed by atoms with Crippen molar-refractivity contribution in [2.75, 3.05) is 0 Å². The Hall–Kier alpha value is -1.60. The summed E-state index contributed by atoms with van der Waals surface area (Å²) in [7, 11) is 0. The van der Waals surface area contributed by atoms with Crippen LogP contribution in [-0.2, 0) is 0 Å². The maximum atomic E-state index is 5.94. The van der Waals surface area contributed by atoms with Crippen LogP contribution < -0.4 is 0 Å². The second-order valence-electron chi connectivity index (χ2n) is 3.54. The molecule has 1 nitrogen and oxygen atoms in total. The first-order valence-corrected chi connectivity index (χ1v) is 5.50. The number of aliphatic imine (C=N–C) groups is 1. The van der Waals surface area contributed by atoms with E-state index >= 15 is 0 Å². The predicted octanol–water partition coefficient (Wildman–Crippen LogP) is 4.48. The van der Waals surface area contributed by atoms with Gasteiger partial charge in [0.15, 0.2) is 0 Å². The summed E-state index contributed by atoms with van der Waals surface area (Å²) in [6.45, 7) is 1.98. The van der Waals surface area contributed by atoms with E-state index in [-0.39, 0.29) is 0 Å². The van der Waals surface area contributed by atoms with Crippen molar-refractivity contribution in [3.8, 4) is 0 Å². The highest BCUT2D eigenvalue weighted by molar-refractivity contribution is 6.31. The molecule has 0 atom stereocenters. The third-order valence-electron chi connectivity index (χ3n) is 2.30. The van der Waals surface area contributed by atoms with Gasteiger partial charge in [-0.15, -0.1) is 0 Å². The zero-order valence-electron chi connectivity index (χ0n) is 9.02. The molecule has 0 heterocycles. The quantitative estimate of drug-likeness (QED) is 0.674. The van der Waals surface area contributed by atoms with Gasteiger partial charge in [-0.1, -0.05) is 41.9 Å². The van der Waals surface area contributed by atoms with Crippen LogP contribution in [0.25, 0.3) is 0 Å². The van der Waals surface area contributed by atoms with E-state index < -0.39 is 0 Å². The smallest absolute Gasteiger partial charge is 0.0633 e. The first-order chi connectivity index (χ1) is 7.75. The molecule has 0 aliphatic carbocycles. The van der Waals surface area contributed by atoms with E-state index in [1.165, 1.54) is 0 Å². The molecule has 0 aliphatic rings. The Bertz CT molecular complexity index is 503. The molecule has 16 heavy (non-hydrogen) atoms. The van der Waals surface area contributed by atoms with Crippen LogP contribution >= 0.6 is 11.6 Å². The maximum Gasteiger partial charge on any atom is 0.0633 e. The molecular formula is C14H12ClN. The van der Waals surface area contributed by atoms with E-state index in [0.29, 0.717) is 0 Å². The summed E-state index contributed by atoms with van der Waals surface area (Å²) in [6.07, 6.45) is 0. The molecule has 0 spiro atoms. The van der Waals surface area contributed by atoms with Crippen molar-refractivity contribution in [1.82, 2.24) is 0 Å². The standard InChI is InChI=1S/C14H12ClN/c1-11(12-6-5-7-13(15)10-12)16-14-8-3-2-4-9-14/h2-10H,1H3. The molecule has 0 saturated carbocycles. The van der Waals surface area contributed by atoms with Gasteiger partial charge < -0.3 is 0 Å². The Morgan fingerprint density at radius 3 is 2.44 bits per heavy atom. The van der Waals surface area contributed by atoms with E-state index in [1.807, 2.05) is 61.5 Å². The molecule has 2 aromatic rings. The van der Waals surface area contributed by atoms with Gasteiger partial charge in [-0.25, -0.2) is 0 Å². The van der Waals surface area contributed by atoms with Crippen LogP contribution in [-0.4, -0.2) is 5.71 Å². The number of halogens is 1. The van der Waals surface area contributed by atoms with Crippen molar-refractivity contribution in [3.05, 3.63) is 65.2 Å². The van der Waals surface area contributed by atoms with Gasteiger partial charge >= 0.3 is 0 Å². The normalized spacial score (nSPS) is 11.5. The summed E-state index contributed by atoms with van der Waals surface area (Å²) >= 11 is 5.94. The lowest BCUT2D eigenvalue weighted by Gasteiger charge is -2.01. The van der Waals surface area contributed by atoms with Gasteiger partial charge in [0, 0.05) is 10.7 Å². The van der Waals surface area contributed by atoms with Crippen LogP contribution in [0.1, 0.15) is 12.5 Å². The summed E-state index contributed by atoms with van der Waals surface area (Å²) in [5.74, 6) is 0. The van der Waals surface area contributed by atoms with Crippen molar-refractivity contribution in [2.24, 2.45) is 4.99 Å². The average Bonchev–Trinajstić information content (AvgIpc) is 2.30. The molecule has 80 valence electrons. The highest BCUT2D eigenvalue weighted by atomic mass is 35.5. The molecule has 0 bridgehead atoms.